The van der Waals surface area contributed by atoms with E-state index < -0.39 is 0 Å². The fraction of sp³-hybridized carbons (Fsp3) is 0.467. The van der Waals surface area contributed by atoms with Gasteiger partial charge < -0.3 is 10.3 Å². The predicted molar refractivity (Wildman–Crippen MR) is 74.9 cm³/mol. The Labute approximate surface area is 114 Å². The van der Waals surface area contributed by atoms with Crippen molar-refractivity contribution in [2.24, 2.45) is 5.73 Å². The standard InChI is InChI=1S/C15H21N3O/c1-2-6-13(11-16)15-17-14(18-19-15)10-9-12-7-4-3-5-8-12/h3-5,7-8,13H,2,6,9-11,16H2,1H3. The largest absolute Gasteiger partial charge is 0.339 e. The van der Waals surface area contributed by atoms with Crippen molar-refractivity contribution in [3.05, 3.63) is 47.6 Å². The molecule has 0 saturated heterocycles. The third-order valence-electron chi connectivity index (χ3n) is 3.23. The zero-order valence-electron chi connectivity index (χ0n) is 11.4. The van der Waals surface area contributed by atoms with Crippen molar-refractivity contribution < 1.29 is 4.52 Å². The highest BCUT2D eigenvalue weighted by Crippen LogP contribution is 2.18. The van der Waals surface area contributed by atoms with Gasteiger partial charge in [0.25, 0.3) is 0 Å². The van der Waals surface area contributed by atoms with Gasteiger partial charge in [0.2, 0.25) is 5.89 Å². The van der Waals surface area contributed by atoms with Crippen LogP contribution in [0.1, 0.15) is 43.0 Å². The van der Waals surface area contributed by atoms with Crippen LogP contribution in [0.4, 0.5) is 0 Å². The van der Waals surface area contributed by atoms with Crippen LogP contribution in [0.5, 0.6) is 0 Å². The second-order valence-corrected chi connectivity index (χ2v) is 4.76. The first kappa shape index (κ1) is 13.7. The van der Waals surface area contributed by atoms with E-state index in [1.54, 1.807) is 0 Å². The minimum absolute atomic E-state index is 0.197. The number of benzene rings is 1. The number of hydrogen-bond acceptors (Lipinski definition) is 4. The third-order valence-corrected chi connectivity index (χ3v) is 3.23. The van der Waals surface area contributed by atoms with Crippen molar-refractivity contribution in [2.75, 3.05) is 6.54 Å². The molecule has 4 nitrogen and oxygen atoms in total. The van der Waals surface area contributed by atoms with E-state index in [2.05, 4.69) is 29.2 Å². The molecule has 1 aromatic heterocycles. The van der Waals surface area contributed by atoms with Gasteiger partial charge in [-0.15, -0.1) is 0 Å². The number of aryl methyl sites for hydroxylation is 2. The maximum Gasteiger partial charge on any atom is 0.231 e. The Balaban J connectivity index is 1.93. The van der Waals surface area contributed by atoms with Crippen molar-refractivity contribution >= 4 is 0 Å². The van der Waals surface area contributed by atoms with Crippen LogP contribution in [0.2, 0.25) is 0 Å². The minimum atomic E-state index is 0.197. The molecule has 19 heavy (non-hydrogen) atoms. The molecule has 0 amide bonds. The Morgan fingerprint density at radius 2 is 2.00 bits per heavy atom. The molecule has 102 valence electrons. The summed E-state index contributed by atoms with van der Waals surface area (Å²) in [6, 6.07) is 10.3. The van der Waals surface area contributed by atoms with Crippen molar-refractivity contribution in [3.8, 4) is 0 Å². The lowest BCUT2D eigenvalue weighted by Crippen LogP contribution is -2.12. The molecule has 0 spiro atoms. The highest BCUT2D eigenvalue weighted by molar-refractivity contribution is 5.15. The van der Waals surface area contributed by atoms with Gasteiger partial charge in [0.05, 0.1) is 5.92 Å². The summed E-state index contributed by atoms with van der Waals surface area (Å²) in [4.78, 5) is 4.46. The zero-order chi connectivity index (χ0) is 13.5. The number of nitrogens with two attached hydrogens (primary N) is 1. The van der Waals surface area contributed by atoms with Crippen molar-refractivity contribution in [1.82, 2.24) is 10.1 Å². The summed E-state index contributed by atoms with van der Waals surface area (Å²) in [6.45, 7) is 2.70. The van der Waals surface area contributed by atoms with E-state index in [1.807, 2.05) is 18.2 Å². The van der Waals surface area contributed by atoms with Crippen LogP contribution in [-0.2, 0) is 12.8 Å². The van der Waals surface area contributed by atoms with Crippen LogP contribution in [-0.4, -0.2) is 16.7 Å². The fourth-order valence-corrected chi connectivity index (χ4v) is 2.13. The normalized spacial score (nSPS) is 12.5. The first-order valence-corrected chi connectivity index (χ1v) is 6.90. The lowest BCUT2D eigenvalue weighted by atomic mass is 10.0. The van der Waals surface area contributed by atoms with E-state index in [9.17, 15) is 0 Å². The van der Waals surface area contributed by atoms with Crippen molar-refractivity contribution in [2.45, 2.75) is 38.5 Å². The van der Waals surface area contributed by atoms with Crippen LogP contribution in [0.15, 0.2) is 34.9 Å². The third kappa shape index (κ3) is 3.89. The average molecular weight is 259 g/mol. The van der Waals surface area contributed by atoms with Gasteiger partial charge in [-0.25, -0.2) is 0 Å². The van der Waals surface area contributed by atoms with Gasteiger partial charge >= 0.3 is 0 Å². The molecule has 0 aliphatic carbocycles. The van der Waals surface area contributed by atoms with E-state index in [-0.39, 0.29) is 5.92 Å². The Bertz CT molecular complexity index is 481. The molecule has 0 aliphatic heterocycles. The Hall–Kier alpha value is -1.68. The van der Waals surface area contributed by atoms with Crippen LogP contribution in [0.25, 0.3) is 0 Å². The van der Waals surface area contributed by atoms with Crippen LogP contribution in [0.3, 0.4) is 0 Å². The second-order valence-electron chi connectivity index (χ2n) is 4.76. The lowest BCUT2D eigenvalue weighted by Gasteiger charge is -2.06. The molecule has 1 heterocycles. The smallest absolute Gasteiger partial charge is 0.231 e. The highest BCUT2D eigenvalue weighted by atomic mass is 16.5. The van der Waals surface area contributed by atoms with Gasteiger partial charge in [0, 0.05) is 13.0 Å². The highest BCUT2D eigenvalue weighted by Gasteiger charge is 2.16. The van der Waals surface area contributed by atoms with Crippen LogP contribution < -0.4 is 5.73 Å². The van der Waals surface area contributed by atoms with E-state index >= 15 is 0 Å². The fourth-order valence-electron chi connectivity index (χ4n) is 2.13. The van der Waals surface area contributed by atoms with Crippen LogP contribution >= 0.6 is 0 Å². The molecule has 2 N–H and O–H groups in total. The molecule has 1 unspecified atom stereocenters. The molecule has 0 fully saturated rings. The lowest BCUT2D eigenvalue weighted by molar-refractivity contribution is 0.343. The van der Waals surface area contributed by atoms with Crippen LogP contribution in [0, 0.1) is 0 Å². The molecule has 1 atom stereocenters. The Morgan fingerprint density at radius 3 is 2.68 bits per heavy atom. The summed E-state index contributed by atoms with van der Waals surface area (Å²) in [7, 11) is 0. The molecule has 0 bridgehead atoms. The molecular formula is C15H21N3O. The van der Waals surface area contributed by atoms with Gasteiger partial charge in [0.1, 0.15) is 0 Å². The summed E-state index contributed by atoms with van der Waals surface area (Å²) in [5.41, 5.74) is 7.03. The van der Waals surface area contributed by atoms with E-state index in [0.29, 0.717) is 12.4 Å². The number of hydrogen-bond donors (Lipinski definition) is 1. The van der Waals surface area contributed by atoms with E-state index in [4.69, 9.17) is 10.3 Å². The number of aromatic nitrogens is 2. The monoisotopic (exact) mass is 259 g/mol. The number of rotatable bonds is 7. The molecule has 0 radical (unpaired) electrons. The first-order chi connectivity index (χ1) is 9.33. The van der Waals surface area contributed by atoms with Crippen molar-refractivity contribution in [3.63, 3.8) is 0 Å². The summed E-state index contributed by atoms with van der Waals surface area (Å²) >= 11 is 0. The van der Waals surface area contributed by atoms with Gasteiger partial charge in [0.15, 0.2) is 5.82 Å². The minimum Gasteiger partial charge on any atom is -0.339 e. The maximum absolute atomic E-state index is 5.74. The van der Waals surface area contributed by atoms with Gasteiger partial charge in [-0.05, 0) is 18.4 Å². The van der Waals surface area contributed by atoms with Crippen molar-refractivity contribution in [1.29, 1.82) is 0 Å². The molecule has 1 aromatic carbocycles. The summed E-state index contributed by atoms with van der Waals surface area (Å²) < 4.78 is 5.32. The topological polar surface area (TPSA) is 64.9 Å². The Kier molecular flexibility index (Phi) is 5.10. The summed E-state index contributed by atoms with van der Waals surface area (Å²) in [6.07, 6.45) is 3.80. The summed E-state index contributed by atoms with van der Waals surface area (Å²) in [5.74, 6) is 1.66. The quantitative estimate of drug-likeness (QED) is 0.830. The second kappa shape index (κ2) is 7.04. The van der Waals surface area contributed by atoms with Gasteiger partial charge in [-0.1, -0.05) is 48.8 Å². The van der Waals surface area contributed by atoms with Gasteiger partial charge in [-0.2, -0.15) is 4.98 Å². The van der Waals surface area contributed by atoms with E-state index in [0.717, 1.165) is 31.5 Å². The molecular weight excluding hydrogens is 238 g/mol. The number of nitrogens with zero attached hydrogens (tertiary/aromatic N) is 2. The van der Waals surface area contributed by atoms with Gasteiger partial charge in [-0.3, -0.25) is 0 Å². The average Bonchev–Trinajstić information content (AvgIpc) is 2.92. The first-order valence-electron chi connectivity index (χ1n) is 6.90. The summed E-state index contributed by atoms with van der Waals surface area (Å²) in [5, 5.41) is 4.04. The maximum atomic E-state index is 5.74. The molecule has 2 aromatic rings. The zero-order valence-corrected chi connectivity index (χ0v) is 11.4. The predicted octanol–water partition coefficient (Wildman–Crippen LogP) is 2.70. The Morgan fingerprint density at radius 1 is 1.21 bits per heavy atom. The molecule has 2 rings (SSSR count). The molecule has 0 saturated carbocycles. The SMILES string of the molecule is CCCC(CN)c1nc(CCc2ccccc2)no1. The van der Waals surface area contributed by atoms with E-state index in [1.165, 1.54) is 5.56 Å². The molecule has 4 heteroatoms. The molecule has 0 aliphatic rings.